The maximum Gasteiger partial charge on any atom is 0.0991 e. The Hall–Kier alpha value is -1.33. The lowest BCUT2D eigenvalue weighted by Crippen LogP contribution is -2.23. The normalized spacial score (nSPS) is 21.7. The maximum atomic E-state index is 8.80. The molecule has 0 saturated heterocycles. The first kappa shape index (κ1) is 14.1. The van der Waals surface area contributed by atoms with Crippen molar-refractivity contribution < 1.29 is 0 Å². The minimum Gasteiger partial charge on any atom is -0.310 e. The smallest absolute Gasteiger partial charge is 0.0991 e. The van der Waals surface area contributed by atoms with Crippen LogP contribution in [0, 0.1) is 28.1 Å². The molecule has 2 rings (SSSR count). The van der Waals surface area contributed by atoms with Crippen molar-refractivity contribution in [2.75, 3.05) is 6.54 Å². The molecule has 1 saturated carbocycles. The first-order valence-corrected chi connectivity index (χ1v) is 7.04. The molecule has 2 heteroatoms. The van der Waals surface area contributed by atoms with Crippen molar-refractivity contribution in [1.82, 2.24) is 5.32 Å². The Bertz CT molecular complexity index is 477. The van der Waals surface area contributed by atoms with E-state index in [4.69, 9.17) is 5.26 Å². The van der Waals surface area contributed by atoms with Crippen LogP contribution in [0.3, 0.4) is 0 Å². The third kappa shape index (κ3) is 2.40. The quantitative estimate of drug-likeness (QED) is 0.887. The second-order valence-electron chi connectivity index (χ2n) is 6.86. The zero-order valence-electron chi connectivity index (χ0n) is 12.6. The van der Waals surface area contributed by atoms with Gasteiger partial charge in [0.2, 0.25) is 0 Å². The first-order chi connectivity index (χ1) is 8.80. The number of benzene rings is 1. The fourth-order valence-electron chi connectivity index (χ4n) is 3.10. The number of nitrogens with one attached hydrogen (secondary N) is 1. The average molecular weight is 256 g/mol. The van der Waals surface area contributed by atoms with Gasteiger partial charge < -0.3 is 5.32 Å². The molecular formula is C17H24N2. The highest BCUT2D eigenvalue weighted by Crippen LogP contribution is 2.68. The van der Waals surface area contributed by atoms with Gasteiger partial charge in [-0.1, -0.05) is 39.8 Å². The van der Waals surface area contributed by atoms with Crippen LogP contribution in [0.25, 0.3) is 0 Å². The molecule has 1 aliphatic carbocycles. The molecular weight excluding hydrogens is 232 g/mol. The highest BCUT2D eigenvalue weighted by atomic mass is 14.9. The molecule has 0 spiro atoms. The van der Waals surface area contributed by atoms with E-state index in [0.717, 1.165) is 18.0 Å². The molecule has 0 aliphatic heterocycles. The molecule has 1 aromatic rings. The highest BCUT2D eigenvalue weighted by Gasteiger charge is 2.63. The molecule has 0 aromatic heterocycles. The zero-order chi connectivity index (χ0) is 14.3. The van der Waals surface area contributed by atoms with E-state index < -0.39 is 0 Å². The molecule has 1 N–H and O–H groups in total. The predicted octanol–water partition coefficient (Wildman–Crippen LogP) is 3.89. The molecule has 19 heavy (non-hydrogen) atoms. The lowest BCUT2D eigenvalue weighted by atomic mass is 10.0. The summed E-state index contributed by atoms with van der Waals surface area (Å²) in [7, 11) is 0. The number of rotatable bonds is 4. The van der Waals surface area contributed by atoms with Gasteiger partial charge in [-0.05, 0) is 47.9 Å². The number of hydrogen-bond donors (Lipinski definition) is 1. The summed E-state index contributed by atoms with van der Waals surface area (Å²) in [4.78, 5) is 0. The van der Waals surface area contributed by atoms with Crippen LogP contribution in [0.4, 0.5) is 0 Å². The lowest BCUT2D eigenvalue weighted by molar-refractivity contribution is 0.457. The van der Waals surface area contributed by atoms with Crippen molar-refractivity contribution in [1.29, 1.82) is 5.26 Å². The molecule has 1 aromatic carbocycles. The highest BCUT2D eigenvalue weighted by molar-refractivity contribution is 5.32. The summed E-state index contributed by atoms with van der Waals surface area (Å²) >= 11 is 0. The van der Waals surface area contributed by atoms with Crippen molar-refractivity contribution in [3.05, 3.63) is 35.4 Å². The second kappa shape index (κ2) is 4.65. The van der Waals surface area contributed by atoms with Crippen LogP contribution in [-0.4, -0.2) is 6.54 Å². The van der Waals surface area contributed by atoms with Gasteiger partial charge in [-0.2, -0.15) is 5.26 Å². The van der Waals surface area contributed by atoms with Gasteiger partial charge in [0.15, 0.2) is 0 Å². The van der Waals surface area contributed by atoms with Crippen LogP contribution < -0.4 is 5.32 Å². The van der Waals surface area contributed by atoms with Crippen molar-refractivity contribution in [3.63, 3.8) is 0 Å². The minimum absolute atomic E-state index is 0.333. The van der Waals surface area contributed by atoms with Gasteiger partial charge in [0.05, 0.1) is 11.6 Å². The van der Waals surface area contributed by atoms with E-state index in [1.807, 2.05) is 24.3 Å². The van der Waals surface area contributed by atoms with Gasteiger partial charge in [-0.25, -0.2) is 0 Å². The third-order valence-electron chi connectivity index (χ3n) is 5.49. The molecule has 0 radical (unpaired) electrons. The molecule has 0 bridgehead atoms. The van der Waals surface area contributed by atoms with E-state index in [-0.39, 0.29) is 0 Å². The third-order valence-corrected chi connectivity index (χ3v) is 5.49. The summed E-state index contributed by atoms with van der Waals surface area (Å²) < 4.78 is 0. The van der Waals surface area contributed by atoms with Crippen LogP contribution in [0.2, 0.25) is 0 Å². The fourth-order valence-corrected chi connectivity index (χ4v) is 3.10. The predicted molar refractivity (Wildman–Crippen MR) is 78.6 cm³/mol. The minimum atomic E-state index is 0.333. The van der Waals surface area contributed by atoms with E-state index in [2.05, 4.69) is 46.0 Å². The number of nitriles is 1. The van der Waals surface area contributed by atoms with Crippen LogP contribution in [-0.2, 0) is 0 Å². The second-order valence-corrected chi connectivity index (χ2v) is 6.86. The molecule has 1 atom stereocenters. The summed E-state index contributed by atoms with van der Waals surface area (Å²) in [5.74, 6) is 0.737. The van der Waals surface area contributed by atoms with Crippen LogP contribution >= 0.6 is 0 Å². The Balaban J connectivity index is 1.92. The molecule has 1 fully saturated rings. The van der Waals surface area contributed by atoms with Gasteiger partial charge in [0, 0.05) is 6.04 Å². The molecule has 0 heterocycles. The SMILES string of the molecule is CC(NCC1C(C)(C)C1(C)C)c1ccc(C#N)cc1. The Morgan fingerprint density at radius 1 is 1.16 bits per heavy atom. The van der Waals surface area contributed by atoms with Crippen molar-refractivity contribution in [2.45, 2.75) is 40.7 Å². The van der Waals surface area contributed by atoms with Crippen LogP contribution in [0.15, 0.2) is 24.3 Å². The summed E-state index contributed by atoms with van der Waals surface area (Å²) in [6.45, 7) is 12.7. The van der Waals surface area contributed by atoms with Gasteiger partial charge in [-0.3, -0.25) is 0 Å². The van der Waals surface area contributed by atoms with E-state index in [0.29, 0.717) is 16.9 Å². The monoisotopic (exact) mass is 256 g/mol. The average Bonchev–Trinajstić information content (AvgIpc) is 2.77. The zero-order valence-corrected chi connectivity index (χ0v) is 12.6. The van der Waals surface area contributed by atoms with Crippen molar-refractivity contribution in [2.24, 2.45) is 16.7 Å². The van der Waals surface area contributed by atoms with E-state index >= 15 is 0 Å². The maximum absolute atomic E-state index is 8.80. The van der Waals surface area contributed by atoms with Gasteiger partial charge in [0.25, 0.3) is 0 Å². The Morgan fingerprint density at radius 3 is 2.11 bits per heavy atom. The van der Waals surface area contributed by atoms with E-state index in [1.54, 1.807) is 0 Å². The Morgan fingerprint density at radius 2 is 1.68 bits per heavy atom. The first-order valence-electron chi connectivity index (χ1n) is 7.04. The Labute approximate surface area is 116 Å². The molecule has 1 unspecified atom stereocenters. The number of hydrogen-bond acceptors (Lipinski definition) is 2. The summed E-state index contributed by atoms with van der Waals surface area (Å²) in [5.41, 5.74) is 2.84. The van der Waals surface area contributed by atoms with E-state index in [1.165, 1.54) is 5.56 Å². The molecule has 102 valence electrons. The summed E-state index contributed by atoms with van der Waals surface area (Å²) in [6, 6.07) is 10.3. The molecule has 0 amide bonds. The van der Waals surface area contributed by atoms with Crippen LogP contribution in [0.5, 0.6) is 0 Å². The standard InChI is InChI=1S/C17H24N2/c1-12(14-8-6-13(10-18)7-9-14)19-11-15-16(2,3)17(15,4)5/h6-9,12,15,19H,11H2,1-5H3. The molecule has 2 nitrogen and oxygen atoms in total. The topological polar surface area (TPSA) is 35.8 Å². The van der Waals surface area contributed by atoms with E-state index in [9.17, 15) is 0 Å². The van der Waals surface area contributed by atoms with Gasteiger partial charge in [0.1, 0.15) is 0 Å². The summed E-state index contributed by atoms with van der Waals surface area (Å²) in [6.07, 6.45) is 0. The van der Waals surface area contributed by atoms with Crippen molar-refractivity contribution >= 4 is 0 Å². The molecule has 1 aliphatic rings. The summed E-state index contributed by atoms with van der Waals surface area (Å²) in [5, 5.41) is 12.4. The van der Waals surface area contributed by atoms with Crippen molar-refractivity contribution in [3.8, 4) is 6.07 Å². The fraction of sp³-hybridized carbons (Fsp3) is 0.588. The Kier molecular flexibility index (Phi) is 3.45. The lowest BCUT2D eigenvalue weighted by Gasteiger charge is -2.15. The largest absolute Gasteiger partial charge is 0.310 e. The van der Waals surface area contributed by atoms with Crippen LogP contribution in [0.1, 0.15) is 51.8 Å². The van der Waals surface area contributed by atoms with Gasteiger partial charge >= 0.3 is 0 Å². The van der Waals surface area contributed by atoms with Gasteiger partial charge in [-0.15, -0.1) is 0 Å². The number of nitrogens with zero attached hydrogens (tertiary/aromatic N) is 1.